The molecule has 1 aliphatic heterocycles. The Bertz CT molecular complexity index is 450. The highest BCUT2D eigenvalue weighted by atomic mass is 19.1. The second-order valence-corrected chi connectivity index (χ2v) is 3.87. The molecule has 98 valence electrons. The van der Waals surface area contributed by atoms with Crippen molar-refractivity contribution in [3.8, 4) is 5.75 Å². The molecule has 1 amide bonds. The Balaban J connectivity index is 2.12. The minimum absolute atomic E-state index is 0.0263. The van der Waals surface area contributed by atoms with Gasteiger partial charge < -0.3 is 19.5 Å². The normalized spacial score (nSPS) is 13.7. The van der Waals surface area contributed by atoms with Crippen molar-refractivity contribution in [1.82, 2.24) is 5.32 Å². The van der Waals surface area contributed by atoms with Gasteiger partial charge in [0.25, 0.3) is 0 Å². The van der Waals surface area contributed by atoms with Gasteiger partial charge in [0.15, 0.2) is 6.79 Å². The zero-order valence-electron chi connectivity index (χ0n) is 9.99. The van der Waals surface area contributed by atoms with Crippen LogP contribution in [0.4, 0.5) is 4.39 Å². The first-order valence-electron chi connectivity index (χ1n) is 5.48. The first kappa shape index (κ1) is 12.8. The first-order valence-corrected chi connectivity index (χ1v) is 5.48. The molecule has 6 heteroatoms. The van der Waals surface area contributed by atoms with Gasteiger partial charge in [0.2, 0.25) is 5.91 Å². The molecule has 0 aromatic heterocycles. The Morgan fingerprint density at radius 2 is 2.39 bits per heavy atom. The highest BCUT2D eigenvalue weighted by molar-refractivity contribution is 5.77. The topological polar surface area (TPSA) is 56.8 Å². The fourth-order valence-corrected chi connectivity index (χ4v) is 1.76. The van der Waals surface area contributed by atoms with Crippen molar-refractivity contribution in [2.45, 2.75) is 13.2 Å². The molecule has 1 aromatic carbocycles. The molecule has 0 bridgehead atoms. The largest absolute Gasteiger partial charge is 0.467 e. The molecule has 0 saturated carbocycles. The van der Waals surface area contributed by atoms with Crippen LogP contribution in [0.1, 0.15) is 11.1 Å². The van der Waals surface area contributed by atoms with E-state index in [-0.39, 0.29) is 31.7 Å². The van der Waals surface area contributed by atoms with E-state index in [1.54, 1.807) is 0 Å². The maximum absolute atomic E-state index is 13.4. The maximum atomic E-state index is 13.4. The number of fused-ring (bicyclic) bond motifs is 1. The van der Waals surface area contributed by atoms with Gasteiger partial charge >= 0.3 is 0 Å². The molecule has 0 atom stereocenters. The third kappa shape index (κ3) is 2.96. The molecule has 1 aliphatic rings. The number of hydrogen-bond acceptors (Lipinski definition) is 4. The number of amides is 1. The Morgan fingerprint density at radius 3 is 3.17 bits per heavy atom. The molecular weight excluding hydrogens is 241 g/mol. The average molecular weight is 255 g/mol. The van der Waals surface area contributed by atoms with Crippen LogP contribution in [0.25, 0.3) is 0 Å². The van der Waals surface area contributed by atoms with Crippen molar-refractivity contribution in [3.05, 3.63) is 29.1 Å². The van der Waals surface area contributed by atoms with Crippen molar-refractivity contribution in [3.63, 3.8) is 0 Å². The van der Waals surface area contributed by atoms with Crippen LogP contribution in [-0.2, 0) is 27.4 Å². The summed E-state index contributed by atoms with van der Waals surface area (Å²) in [6.45, 7) is 0.619. The molecule has 1 aromatic rings. The van der Waals surface area contributed by atoms with Gasteiger partial charge in [-0.3, -0.25) is 4.79 Å². The van der Waals surface area contributed by atoms with Crippen LogP contribution in [0.2, 0.25) is 0 Å². The molecule has 0 saturated heterocycles. The summed E-state index contributed by atoms with van der Waals surface area (Å²) in [6, 6.07) is 2.71. The van der Waals surface area contributed by atoms with Crippen molar-refractivity contribution in [1.29, 1.82) is 0 Å². The molecule has 0 fully saturated rings. The van der Waals surface area contributed by atoms with Crippen molar-refractivity contribution in [2.75, 3.05) is 20.5 Å². The van der Waals surface area contributed by atoms with E-state index in [9.17, 15) is 9.18 Å². The quantitative estimate of drug-likeness (QED) is 0.870. The minimum Gasteiger partial charge on any atom is -0.467 e. The van der Waals surface area contributed by atoms with Gasteiger partial charge in [0, 0.05) is 24.8 Å². The summed E-state index contributed by atoms with van der Waals surface area (Å²) in [6.07, 6.45) is 0. The lowest BCUT2D eigenvalue weighted by molar-refractivity contribution is -0.124. The van der Waals surface area contributed by atoms with Gasteiger partial charge in [-0.05, 0) is 12.1 Å². The average Bonchev–Trinajstić information content (AvgIpc) is 2.36. The minimum atomic E-state index is -0.376. The Kier molecular flexibility index (Phi) is 4.11. The monoisotopic (exact) mass is 255 g/mol. The fourth-order valence-electron chi connectivity index (χ4n) is 1.76. The number of ether oxygens (including phenoxy) is 3. The predicted molar refractivity (Wildman–Crippen MR) is 60.4 cm³/mol. The third-order valence-corrected chi connectivity index (χ3v) is 2.50. The number of carbonyl (C=O) groups excluding carboxylic acids is 1. The number of methoxy groups -OCH3 is 1. The second kappa shape index (κ2) is 5.79. The van der Waals surface area contributed by atoms with E-state index in [0.29, 0.717) is 23.5 Å². The highest BCUT2D eigenvalue weighted by Gasteiger charge is 2.17. The van der Waals surface area contributed by atoms with Gasteiger partial charge in [0.05, 0.1) is 6.61 Å². The van der Waals surface area contributed by atoms with Crippen LogP contribution in [-0.4, -0.2) is 26.4 Å². The van der Waals surface area contributed by atoms with Gasteiger partial charge in [0.1, 0.15) is 18.2 Å². The molecule has 1 heterocycles. The van der Waals surface area contributed by atoms with E-state index in [0.717, 1.165) is 0 Å². The number of carbonyl (C=O) groups is 1. The standard InChI is InChI=1S/C12H14FNO4/c1-16-6-11(15)14-4-8-2-10(13)3-9-5-17-7-18-12(8)9/h2-3H,4-7H2,1H3,(H,14,15). The molecule has 2 rings (SSSR count). The number of benzene rings is 1. The van der Waals surface area contributed by atoms with Gasteiger partial charge in [-0.15, -0.1) is 0 Å². The van der Waals surface area contributed by atoms with E-state index in [1.807, 2.05) is 0 Å². The van der Waals surface area contributed by atoms with Gasteiger partial charge in [-0.25, -0.2) is 4.39 Å². The molecule has 0 unspecified atom stereocenters. The van der Waals surface area contributed by atoms with Crippen molar-refractivity contribution in [2.24, 2.45) is 0 Å². The van der Waals surface area contributed by atoms with Crippen LogP contribution in [0.15, 0.2) is 12.1 Å². The second-order valence-electron chi connectivity index (χ2n) is 3.87. The third-order valence-electron chi connectivity index (χ3n) is 2.50. The number of halogens is 1. The van der Waals surface area contributed by atoms with E-state index in [4.69, 9.17) is 14.2 Å². The maximum Gasteiger partial charge on any atom is 0.246 e. The van der Waals surface area contributed by atoms with Crippen LogP contribution in [0.5, 0.6) is 5.75 Å². The predicted octanol–water partition coefficient (Wildman–Crippen LogP) is 0.955. The number of hydrogen-bond donors (Lipinski definition) is 1. The zero-order valence-corrected chi connectivity index (χ0v) is 9.99. The smallest absolute Gasteiger partial charge is 0.246 e. The zero-order chi connectivity index (χ0) is 13.0. The number of rotatable bonds is 4. The summed E-state index contributed by atoms with van der Waals surface area (Å²) in [5.41, 5.74) is 1.25. The lowest BCUT2D eigenvalue weighted by Crippen LogP contribution is -2.27. The SMILES string of the molecule is COCC(=O)NCc1cc(F)cc2c1OCOC2. The van der Waals surface area contributed by atoms with Crippen LogP contribution in [0, 0.1) is 5.82 Å². The molecule has 5 nitrogen and oxygen atoms in total. The summed E-state index contributed by atoms with van der Waals surface area (Å²) in [4.78, 5) is 11.3. The van der Waals surface area contributed by atoms with Crippen molar-refractivity contribution >= 4 is 5.91 Å². The first-order chi connectivity index (χ1) is 8.70. The van der Waals surface area contributed by atoms with Crippen LogP contribution < -0.4 is 10.1 Å². The van der Waals surface area contributed by atoms with Gasteiger partial charge in [-0.2, -0.15) is 0 Å². The molecule has 1 N–H and O–H groups in total. The molecule has 0 spiro atoms. The molecule has 0 aliphatic carbocycles. The summed E-state index contributed by atoms with van der Waals surface area (Å²) in [5, 5.41) is 2.63. The molecule has 0 radical (unpaired) electrons. The summed E-state index contributed by atoms with van der Waals surface area (Å²) < 4.78 is 28.5. The summed E-state index contributed by atoms with van der Waals surface area (Å²) in [5.74, 6) is -0.0539. The van der Waals surface area contributed by atoms with Crippen LogP contribution in [0.3, 0.4) is 0 Å². The summed E-state index contributed by atoms with van der Waals surface area (Å²) in [7, 11) is 1.43. The highest BCUT2D eigenvalue weighted by Crippen LogP contribution is 2.29. The lowest BCUT2D eigenvalue weighted by atomic mass is 10.1. The number of nitrogens with one attached hydrogen (secondary N) is 1. The van der Waals surface area contributed by atoms with E-state index < -0.39 is 0 Å². The summed E-state index contributed by atoms with van der Waals surface area (Å²) >= 11 is 0. The van der Waals surface area contributed by atoms with E-state index in [1.165, 1.54) is 19.2 Å². The lowest BCUT2D eigenvalue weighted by Gasteiger charge is -2.21. The van der Waals surface area contributed by atoms with E-state index in [2.05, 4.69) is 5.32 Å². The van der Waals surface area contributed by atoms with Crippen LogP contribution >= 0.6 is 0 Å². The Hall–Kier alpha value is -1.66. The van der Waals surface area contributed by atoms with Gasteiger partial charge in [-0.1, -0.05) is 0 Å². The molecule has 18 heavy (non-hydrogen) atoms. The van der Waals surface area contributed by atoms with Crippen molar-refractivity contribution < 1.29 is 23.4 Å². The van der Waals surface area contributed by atoms with E-state index >= 15 is 0 Å². The fraction of sp³-hybridized carbons (Fsp3) is 0.417. The Labute approximate surface area is 104 Å². The Morgan fingerprint density at radius 1 is 1.56 bits per heavy atom. The molecular formula is C12H14FNO4.